The minimum absolute atomic E-state index is 0.660. The summed E-state index contributed by atoms with van der Waals surface area (Å²) in [6.45, 7) is 9.69. The van der Waals surface area contributed by atoms with Gasteiger partial charge in [0.05, 0.1) is 0 Å². The van der Waals surface area contributed by atoms with Crippen molar-refractivity contribution in [2.24, 2.45) is 11.3 Å². The van der Waals surface area contributed by atoms with E-state index in [1.807, 2.05) is 13.8 Å². The van der Waals surface area contributed by atoms with Gasteiger partial charge >= 0.3 is 0 Å². The van der Waals surface area contributed by atoms with E-state index >= 15 is 0 Å². The van der Waals surface area contributed by atoms with Gasteiger partial charge in [-0.05, 0) is 30.6 Å². The Labute approximate surface area is 90.2 Å². The molecule has 0 spiro atoms. The van der Waals surface area contributed by atoms with Gasteiger partial charge in [0, 0.05) is 13.7 Å². The zero-order chi connectivity index (χ0) is 11.0. The molecule has 1 atom stereocenters. The second kappa shape index (κ2) is 7.28. The van der Waals surface area contributed by atoms with Gasteiger partial charge in [0.1, 0.15) is 0 Å². The van der Waals surface area contributed by atoms with E-state index in [1.54, 1.807) is 7.11 Å². The Kier molecular flexibility index (Phi) is 7.26. The van der Waals surface area contributed by atoms with Gasteiger partial charge in [0.2, 0.25) is 0 Å². The summed E-state index contributed by atoms with van der Waals surface area (Å²) >= 11 is 0. The monoisotopic (exact) mass is 200 g/mol. The molecule has 0 amide bonds. The van der Waals surface area contributed by atoms with Crippen LogP contribution in [0.5, 0.6) is 0 Å². The van der Waals surface area contributed by atoms with Crippen LogP contribution in [0.4, 0.5) is 0 Å². The average Bonchev–Trinajstić information content (AvgIpc) is 2.19. The van der Waals surface area contributed by atoms with Gasteiger partial charge in [-0.3, -0.25) is 0 Å². The van der Waals surface area contributed by atoms with E-state index in [0.29, 0.717) is 5.41 Å². The molecular formula is C13H28O. The first-order valence-corrected chi connectivity index (χ1v) is 6.22. The second-order valence-corrected chi connectivity index (χ2v) is 4.39. The van der Waals surface area contributed by atoms with E-state index in [2.05, 4.69) is 13.8 Å². The van der Waals surface area contributed by atoms with Crippen LogP contribution in [0.2, 0.25) is 0 Å². The van der Waals surface area contributed by atoms with Crippen LogP contribution in [-0.4, -0.2) is 13.7 Å². The molecule has 1 nitrogen and oxygen atoms in total. The zero-order valence-electron chi connectivity index (χ0n) is 10.7. The molecule has 1 heteroatoms. The molecule has 0 aromatic carbocycles. The SMILES string of the molecule is CC.CCC(CCOC)C1(C)CCC1. The first-order valence-electron chi connectivity index (χ1n) is 6.22. The maximum Gasteiger partial charge on any atom is 0.0465 e. The van der Waals surface area contributed by atoms with E-state index in [4.69, 9.17) is 4.74 Å². The molecule has 1 rings (SSSR count). The maximum atomic E-state index is 5.14. The molecule has 0 aromatic heterocycles. The van der Waals surface area contributed by atoms with Crippen LogP contribution in [0, 0.1) is 11.3 Å². The summed E-state index contributed by atoms with van der Waals surface area (Å²) in [6.07, 6.45) is 6.90. The van der Waals surface area contributed by atoms with Crippen LogP contribution in [0.1, 0.15) is 59.8 Å². The molecule has 1 aliphatic carbocycles. The van der Waals surface area contributed by atoms with Gasteiger partial charge in [-0.15, -0.1) is 0 Å². The Bertz CT molecular complexity index is 127. The topological polar surface area (TPSA) is 9.23 Å². The van der Waals surface area contributed by atoms with E-state index < -0.39 is 0 Å². The Morgan fingerprint density at radius 2 is 1.86 bits per heavy atom. The summed E-state index contributed by atoms with van der Waals surface area (Å²) in [5.41, 5.74) is 0.660. The Morgan fingerprint density at radius 3 is 2.14 bits per heavy atom. The number of hydrogen-bond donors (Lipinski definition) is 0. The maximum absolute atomic E-state index is 5.14. The third-order valence-corrected chi connectivity index (χ3v) is 3.64. The molecule has 0 bridgehead atoms. The predicted octanol–water partition coefficient (Wildman–Crippen LogP) is 4.27. The van der Waals surface area contributed by atoms with E-state index in [0.717, 1.165) is 12.5 Å². The van der Waals surface area contributed by atoms with Crippen molar-refractivity contribution in [1.29, 1.82) is 0 Å². The zero-order valence-corrected chi connectivity index (χ0v) is 10.7. The lowest BCUT2D eigenvalue weighted by molar-refractivity contribution is 0.0434. The summed E-state index contributed by atoms with van der Waals surface area (Å²) < 4.78 is 5.14. The van der Waals surface area contributed by atoms with Crippen LogP contribution in [0.3, 0.4) is 0 Å². The second-order valence-electron chi connectivity index (χ2n) is 4.39. The molecular weight excluding hydrogens is 172 g/mol. The van der Waals surface area contributed by atoms with E-state index in [9.17, 15) is 0 Å². The molecule has 1 aliphatic rings. The molecule has 1 fully saturated rings. The lowest BCUT2D eigenvalue weighted by Gasteiger charge is -2.45. The fraction of sp³-hybridized carbons (Fsp3) is 1.00. The van der Waals surface area contributed by atoms with Gasteiger partial charge < -0.3 is 4.74 Å². The first-order chi connectivity index (χ1) is 6.73. The largest absolute Gasteiger partial charge is 0.385 e. The van der Waals surface area contributed by atoms with Crippen molar-refractivity contribution in [1.82, 2.24) is 0 Å². The van der Waals surface area contributed by atoms with Crippen molar-refractivity contribution in [3.63, 3.8) is 0 Å². The Morgan fingerprint density at radius 1 is 1.29 bits per heavy atom. The van der Waals surface area contributed by atoms with Gasteiger partial charge in [0.25, 0.3) is 0 Å². The van der Waals surface area contributed by atoms with Crippen molar-refractivity contribution in [2.75, 3.05) is 13.7 Å². The lowest BCUT2D eigenvalue weighted by Crippen LogP contribution is -2.34. The average molecular weight is 200 g/mol. The summed E-state index contributed by atoms with van der Waals surface area (Å²) in [5, 5.41) is 0. The Balaban J connectivity index is 0.000000791. The summed E-state index contributed by atoms with van der Waals surface area (Å²) in [5.74, 6) is 0.895. The quantitative estimate of drug-likeness (QED) is 0.644. The van der Waals surface area contributed by atoms with Gasteiger partial charge in [0.15, 0.2) is 0 Å². The summed E-state index contributed by atoms with van der Waals surface area (Å²) in [4.78, 5) is 0. The van der Waals surface area contributed by atoms with Crippen LogP contribution in [0.25, 0.3) is 0 Å². The summed E-state index contributed by atoms with van der Waals surface area (Å²) in [7, 11) is 1.80. The smallest absolute Gasteiger partial charge is 0.0465 e. The van der Waals surface area contributed by atoms with Gasteiger partial charge in [-0.1, -0.05) is 40.5 Å². The third kappa shape index (κ3) is 3.61. The molecule has 1 saturated carbocycles. The lowest BCUT2D eigenvalue weighted by atomic mass is 9.61. The minimum atomic E-state index is 0.660. The van der Waals surface area contributed by atoms with Gasteiger partial charge in [-0.2, -0.15) is 0 Å². The van der Waals surface area contributed by atoms with Crippen molar-refractivity contribution >= 4 is 0 Å². The molecule has 86 valence electrons. The fourth-order valence-corrected chi connectivity index (χ4v) is 2.45. The number of hydrogen-bond acceptors (Lipinski definition) is 1. The van der Waals surface area contributed by atoms with Crippen molar-refractivity contribution < 1.29 is 4.74 Å². The van der Waals surface area contributed by atoms with Crippen LogP contribution in [-0.2, 0) is 4.74 Å². The predicted molar refractivity (Wildman–Crippen MR) is 63.6 cm³/mol. The molecule has 0 saturated heterocycles. The normalized spacial score (nSPS) is 20.4. The van der Waals surface area contributed by atoms with Crippen LogP contribution >= 0.6 is 0 Å². The molecule has 0 aromatic rings. The minimum Gasteiger partial charge on any atom is -0.385 e. The fourth-order valence-electron chi connectivity index (χ4n) is 2.45. The molecule has 14 heavy (non-hydrogen) atoms. The first kappa shape index (κ1) is 14.0. The highest BCUT2D eigenvalue weighted by atomic mass is 16.5. The number of rotatable bonds is 5. The van der Waals surface area contributed by atoms with E-state index in [1.165, 1.54) is 32.1 Å². The number of methoxy groups -OCH3 is 1. The molecule has 1 unspecified atom stereocenters. The molecule has 0 aliphatic heterocycles. The van der Waals surface area contributed by atoms with Crippen LogP contribution < -0.4 is 0 Å². The number of ether oxygens (including phenoxy) is 1. The van der Waals surface area contributed by atoms with Crippen molar-refractivity contribution in [3.8, 4) is 0 Å². The van der Waals surface area contributed by atoms with Crippen LogP contribution in [0.15, 0.2) is 0 Å². The van der Waals surface area contributed by atoms with E-state index in [-0.39, 0.29) is 0 Å². The molecule has 0 radical (unpaired) electrons. The highest BCUT2D eigenvalue weighted by Crippen LogP contribution is 2.49. The van der Waals surface area contributed by atoms with Crippen molar-refractivity contribution in [3.05, 3.63) is 0 Å². The van der Waals surface area contributed by atoms with Gasteiger partial charge in [-0.25, -0.2) is 0 Å². The summed E-state index contributed by atoms with van der Waals surface area (Å²) in [6, 6.07) is 0. The third-order valence-electron chi connectivity index (χ3n) is 3.64. The molecule has 0 heterocycles. The Hall–Kier alpha value is -0.0400. The highest BCUT2D eigenvalue weighted by molar-refractivity contribution is 4.88. The highest BCUT2D eigenvalue weighted by Gasteiger charge is 2.37. The van der Waals surface area contributed by atoms with Crippen molar-refractivity contribution in [2.45, 2.75) is 59.8 Å². The molecule has 0 N–H and O–H groups in total. The standard InChI is InChI=1S/C11H22O.C2H6/c1-4-10(6-9-12-3)11(2)7-5-8-11;1-2/h10H,4-9H2,1-3H3;1-2H3.